The summed E-state index contributed by atoms with van der Waals surface area (Å²) in [6, 6.07) is 12.2. The van der Waals surface area contributed by atoms with Gasteiger partial charge in [0, 0.05) is 29.5 Å². The van der Waals surface area contributed by atoms with Crippen molar-refractivity contribution < 1.29 is 14.1 Å². The number of rotatable bonds is 5. The molecule has 0 spiro atoms. The minimum absolute atomic E-state index is 0.141. The van der Waals surface area contributed by atoms with Crippen LogP contribution in [0.15, 0.2) is 60.9 Å². The summed E-state index contributed by atoms with van der Waals surface area (Å²) in [4.78, 5) is 30.3. The fourth-order valence-corrected chi connectivity index (χ4v) is 2.97. The van der Waals surface area contributed by atoms with E-state index in [1.54, 1.807) is 29.0 Å². The van der Waals surface area contributed by atoms with Crippen molar-refractivity contribution in [2.45, 2.75) is 0 Å². The van der Waals surface area contributed by atoms with E-state index in [2.05, 4.69) is 15.3 Å². The molecule has 3 N–H and O–H groups in total. The molecule has 0 bridgehead atoms. The van der Waals surface area contributed by atoms with Crippen molar-refractivity contribution >= 4 is 34.1 Å². The zero-order valence-electron chi connectivity index (χ0n) is 14.7. The molecular weight excluding hydrogens is 379 g/mol. The third kappa shape index (κ3) is 3.34. The van der Waals surface area contributed by atoms with Crippen LogP contribution in [0.25, 0.3) is 16.7 Å². The van der Waals surface area contributed by atoms with E-state index in [0.717, 1.165) is 17.6 Å². The highest BCUT2D eigenvalue weighted by Gasteiger charge is 2.16. The SMILES string of the molecule is NC(=O)c1cn(-c2ccnc(Nc3ccc(F)c([N+](=O)[O-])c3)n2)c2ccccc12. The number of nitrogens with zero attached hydrogens (tertiary/aromatic N) is 4. The quantitative estimate of drug-likeness (QED) is 0.396. The number of para-hydroxylation sites is 1. The number of hydrogen-bond donors (Lipinski definition) is 2. The van der Waals surface area contributed by atoms with Crippen LogP contribution in [0.1, 0.15) is 10.4 Å². The van der Waals surface area contributed by atoms with Crippen LogP contribution in [0.2, 0.25) is 0 Å². The van der Waals surface area contributed by atoms with E-state index in [4.69, 9.17) is 5.73 Å². The van der Waals surface area contributed by atoms with Gasteiger partial charge in [0.2, 0.25) is 11.8 Å². The summed E-state index contributed by atoms with van der Waals surface area (Å²) >= 11 is 0. The van der Waals surface area contributed by atoms with Crippen molar-refractivity contribution in [3.63, 3.8) is 0 Å². The van der Waals surface area contributed by atoms with Crippen LogP contribution >= 0.6 is 0 Å². The first-order chi connectivity index (χ1) is 13.9. The van der Waals surface area contributed by atoms with E-state index in [0.29, 0.717) is 16.8 Å². The number of fused-ring (bicyclic) bond motifs is 1. The molecule has 0 radical (unpaired) electrons. The number of primary amides is 1. The Kier molecular flexibility index (Phi) is 4.36. The summed E-state index contributed by atoms with van der Waals surface area (Å²) in [5, 5.41) is 14.4. The molecule has 29 heavy (non-hydrogen) atoms. The van der Waals surface area contributed by atoms with Gasteiger partial charge in [-0.25, -0.2) is 4.98 Å². The number of nitro benzene ring substituents is 1. The fraction of sp³-hybridized carbons (Fsp3) is 0. The van der Waals surface area contributed by atoms with Crippen molar-refractivity contribution in [3.8, 4) is 5.82 Å². The second kappa shape index (κ2) is 7.00. The molecule has 144 valence electrons. The number of nitro groups is 1. The number of nitrogens with one attached hydrogen (secondary N) is 1. The van der Waals surface area contributed by atoms with Gasteiger partial charge < -0.3 is 15.6 Å². The molecule has 0 aliphatic heterocycles. The number of nitrogens with two attached hydrogens (primary N) is 1. The molecule has 0 atom stereocenters. The number of carbonyl (C=O) groups is 1. The summed E-state index contributed by atoms with van der Waals surface area (Å²) in [7, 11) is 0. The molecule has 0 saturated carbocycles. The average Bonchev–Trinajstić information content (AvgIpc) is 3.09. The van der Waals surface area contributed by atoms with E-state index in [1.807, 2.05) is 12.1 Å². The normalized spacial score (nSPS) is 10.8. The highest BCUT2D eigenvalue weighted by atomic mass is 19.1. The molecule has 0 fully saturated rings. The maximum Gasteiger partial charge on any atom is 0.306 e. The predicted octanol–water partition coefficient (Wildman–Crippen LogP) is 3.31. The average molecular weight is 392 g/mol. The Morgan fingerprint density at radius 1 is 1.21 bits per heavy atom. The summed E-state index contributed by atoms with van der Waals surface area (Å²) in [6.45, 7) is 0. The Balaban J connectivity index is 1.74. The molecule has 4 aromatic rings. The molecule has 4 rings (SSSR count). The molecule has 0 aliphatic carbocycles. The first-order valence-corrected chi connectivity index (χ1v) is 8.38. The van der Waals surface area contributed by atoms with Crippen LogP contribution in [-0.2, 0) is 0 Å². The third-order valence-corrected chi connectivity index (χ3v) is 4.26. The first kappa shape index (κ1) is 18.0. The summed E-state index contributed by atoms with van der Waals surface area (Å²) < 4.78 is 15.2. The van der Waals surface area contributed by atoms with Gasteiger partial charge in [-0.05, 0) is 24.3 Å². The molecule has 2 heterocycles. The molecule has 0 saturated heterocycles. The molecule has 2 aromatic carbocycles. The Labute approximate surface area is 162 Å². The minimum Gasteiger partial charge on any atom is -0.366 e. The van der Waals surface area contributed by atoms with Gasteiger partial charge in [0.05, 0.1) is 16.0 Å². The molecular formula is C19H13FN6O3. The number of halogens is 1. The Hall–Kier alpha value is -4.34. The van der Waals surface area contributed by atoms with Crippen LogP contribution in [0, 0.1) is 15.9 Å². The van der Waals surface area contributed by atoms with Gasteiger partial charge in [0.25, 0.3) is 5.91 Å². The Morgan fingerprint density at radius 2 is 2.00 bits per heavy atom. The van der Waals surface area contributed by atoms with Crippen LogP contribution in [-0.4, -0.2) is 25.4 Å². The van der Waals surface area contributed by atoms with Gasteiger partial charge in [-0.15, -0.1) is 0 Å². The zero-order valence-corrected chi connectivity index (χ0v) is 14.7. The van der Waals surface area contributed by atoms with E-state index in [1.165, 1.54) is 12.3 Å². The molecule has 10 heteroatoms. The lowest BCUT2D eigenvalue weighted by atomic mass is 10.2. The fourth-order valence-electron chi connectivity index (χ4n) is 2.97. The van der Waals surface area contributed by atoms with Gasteiger partial charge in [0.15, 0.2) is 0 Å². The summed E-state index contributed by atoms with van der Waals surface area (Å²) in [5.41, 5.74) is 6.14. The number of anilines is 2. The van der Waals surface area contributed by atoms with Crippen molar-refractivity contribution in [1.82, 2.24) is 14.5 Å². The Morgan fingerprint density at radius 3 is 2.76 bits per heavy atom. The van der Waals surface area contributed by atoms with Crippen molar-refractivity contribution in [2.75, 3.05) is 5.32 Å². The van der Waals surface area contributed by atoms with E-state index >= 15 is 0 Å². The van der Waals surface area contributed by atoms with E-state index < -0.39 is 22.3 Å². The molecule has 0 aliphatic rings. The maximum atomic E-state index is 13.5. The molecule has 0 unspecified atom stereocenters. The monoisotopic (exact) mass is 392 g/mol. The topological polar surface area (TPSA) is 129 Å². The van der Waals surface area contributed by atoms with Gasteiger partial charge in [-0.3, -0.25) is 14.9 Å². The predicted molar refractivity (Wildman–Crippen MR) is 104 cm³/mol. The number of benzene rings is 2. The van der Waals surface area contributed by atoms with Gasteiger partial charge in [-0.1, -0.05) is 18.2 Å². The lowest BCUT2D eigenvalue weighted by Crippen LogP contribution is -2.10. The first-order valence-electron chi connectivity index (χ1n) is 8.38. The second-order valence-electron chi connectivity index (χ2n) is 6.08. The standard InChI is InChI=1S/C19H13FN6O3/c20-14-6-5-11(9-16(14)26(28)29)23-19-22-8-7-17(24-19)25-10-13(18(21)27)12-3-1-2-4-15(12)25/h1-10H,(H2,21,27)(H,22,23,24). The zero-order chi connectivity index (χ0) is 20.5. The lowest BCUT2D eigenvalue weighted by molar-refractivity contribution is -0.387. The van der Waals surface area contributed by atoms with E-state index in [-0.39, 0.29) is 11.6 Å². The number of carbonyl (C=O) groups excluding carboxylic acids is 1. The van der Waals surface area contributed by atoms with Crippen molar-refractivity contribution in [2.24, 2.45) is 5.73 Å². The number of aromatic nitrogens is 3. The van der Waals surface area contributed by atoms with Crippen LogP contribution < -0.4 is 11.1 Å². The number of hydrogen-bond acceptors (Lipinski definition) is 6. The highest BCUT2D eigenvalue weighted by Crippen LogP contribution is 2.26. The minimum atomic E-state index is -0.937. The summed E-state index contributed by atoms with van der Waals surface area (Å²) in [6.07, 6.45) is 3.07. The third-order valence-electron chi connectivity index (χ3n) is 4.26. The summed E-state index contributed by atoms with van der Waals surface area (Å²) in [5.74, 6) is -0.913. The lowest BCUT2D eigenvalue weighted by Gasteiger charge is -2.08. The molecule has 1 amide bonds. The maximum absolute atomic E-state index is 13.5. The van der Waals surface area contributed by atoms with Crippen LogP contribution in [0.4, 0.5) is 21.7 Å². The molecule has 2 aromatic heterocycles. The van der Waals surface area contributed by atoms with Crippen molar-refractivity contribution in [1.29, 1.82) is 0 Å². The molecule has 9 nitrogen and oxygen atoms in total. The van der Waals surface area contributed by atoms with Crippen LogP contribution in [0.3, 0.4) is 0 Å². The smallest absolute Gasteiger partial charge is 0.306 e. The Bertz CT molecular complexity index is 1270. The van der Waals surface area contributed by atoms with Gasteiger partial charge >= 0.3 is 5.69 Å². The van der Waals surface area contributed by atoms with Crippen LogP contribution in [0.5, 0.6) is 0 Å². The van der Waals surface area contributed by atoms with Crippen molar-refractivity contribution in [3.05, 3.63) is 82.4 Å². The van der Waals surface area contributed by atoms with Gasteiger partial charge in [0.1, 0.15) is 5.82 Å². The van der Waals surface area contributed by atoms with E-state index in [9.17, 15) is 19.3 Å². The van der Waals surface area contributed by atoms with Gasteiger partial charge in [-0.2, -0.15) is 9.37 Å². The largest absolute Gasteiger partial charge is 0.366 e. The number of amides is 1. The highest BCUT2D eigenvalue weighted by molar-refractivity contribution is 6.06. The second-order valence-corrected chi connectivity index (χ2v) is 6.08.